The van der Waals surface area contributed by atoms with E-state index in [1.807, 2.05) is 12.1 Å². The van der Waals surface area contributed by atoms with Gasteiger partial charge in [0.25, 0.3) is 0 Å². The molecule has 2 rings (SSSR count). The second-order valence-electron chi connectivity index (χ2n) is 5.84. The molecule has 0 saturated carbocycles. The van der Waals surface area contributed by atoms with E-state index in [9.17, 15) is 0 Å². The van der Waals surface area contributed by atoms with Crippen molar-refractivity contribution in [2.24, 2.45) is 0 Å². The Morgan fingerprint density at radius 1 is 1.37 bits per heavy atom. The number of hydrogen-bond donors (Lipinski definition) is 1. The van der Waals surface area contributed by atoms with Crippen molar-refractivity contribution in [3.05, 3.63) is 29.8 Å². The first kappa shape index (κ1) is 14.4. The molecule has 3 nitrogen and oxygen atoms in total. The molecule has 106 valence electrons. The molecular formula is C16H27N3. The fourth-order valence-electron chi connectivity index (χ4n) is 2.96. The minimum Gasteiger partial charge on any atom is -0.399 e. The van der Waals surface area contributed by atoms with Gasteiger partial charge in [-0.3, -0.25) is 0 Å². The smallest absolute Gasteiger partial charge is 0.0346 e. The van der Waals surface area contributed by atoms with Gasteiger partial charge in [-0.15, -0.1) is 0 Å². The minimum absolute atomic E-state index is 0.729. The molecule has 1 aliphatic rings. The van der Waals surface area contributed by atoms with Gasteiger partial charge in [0.2, 0.25) is 0 Å². The van der Waals surface area contributed by atoms with Gasteiger partial charge in [-0.1, -0.05) is 18.2 Å². The summed E-state index contributed by atoms with van der Waals surface area (Å²) < 4.78 is 0. The van der Waals surface area contributed by atoms with E-state index in [-0.39, 0.29) is 0 Å². The summed E-state index contributed by atoms with van der Waals surface area (Å²) in [5, 5.41) is 0. The van der Waals surface area contributed by atoms with E-state index in [0.717, 1.165) is 24.7 Å². The van der Waals surface area contributed by atoms with Crippen LogP contribution in [0.1, 0.15) is 24.8 Å². The molecule has 0 amide bonds. The molecule has 0 spiro atoms. The molecule has 1 aliphatic heterocycles. The predicted octanol–water partition coefficient (Wildman–Crippen LogP) is 2.23. The van der Waals surface area contributed by atoms with Crippen LogP contribution in [0.3, 0.4) is 0 Å². The molecule has 19 heavy (non-hydrogen) atoms. The van der Waals surface area contributed by atoms with Gasteiger partial charge in [-0.2, -0.15) is 0 Å². The van der Waals surface area contributed by atoms with E-state index >= 15 is 0 Å². The number of piperidine rings is 1. The SMILES string of the molecule is CN1CCCC(N(C)CCCc2ccccc2N)C1. The molecular weight excluding hydrogens is 234 g/mol. The molecule has 0 radical (unpaired) electrons. The standard InChI is InChI=1S/C16H27N3/c1-18-11-6-9-15(13-18)19(2)12-5-8-14-7-3-4-10-16(14)17/h3-4,7,10,15H,5-6,8-9,11-13,17H2,1-2H3. The first-order chi connectivity index (χ1) is 9.16. The average Bonchev–Trinajstić information content (AvgIpc) is 2.41. The van der Waals surface area contributed by atoms with Crippen molar-refractivity contribution in [2.45, 2.75) is 31.7 Å². The van der Waals surface area contributed by atoms with Gasteiger partial charge in [0, 0.05) is 18.3 Å². The molecule has 1 heterocycles. The number of likely N-dealkylation sites (N-methyl/N-ethyl adjacent to an activating group) is 2. The van der Waals surface area contributed by atoms with Gasteiger partial charge in [-0.25, -0.2) is 0 Å². The number of nitrogen functional groups attached to an aromatic ring is 1. The predicted molar refractivity (Wildman–Crippen MR) is 82.3 cm³/mol. The molecule has 1 saturated heterocycles. The van der Waals surface area contributed by atoms with Crippen LogP contribution in [0.2, 0.25) is 0 Å². The highest BCUT2D eigenvalue weighted by Gasteiger charge is 2.20. The summed E-state index contributed by atoms with van der Waals surface area (Å²) in [4.78, 5) is 4.97. The van der Waals surface area contributed by atoms with Crippen LogP contribution in [0, 0.1) is 0 Å². The second-order valence-corrected chi connectivity index (χ2v) is 5.84. The van der Waals surface area contributed by atoms with Crippen LogP contribution >= 0.6 is 0 Å². The van der Waals surface area contributed by atoms with E-state index in [4.69, 9.17) is 5.73 Å². The quantitative estimate of drug-likeness (QED) is 0.825. The average molecular weight is 261 g/mol. The summed E-state index contributed by atoms with van der Waals surface area (Å²) in [5.74, 6) is 0. The van der Waals surface area contributed by atoms with Crippen LogP contribution in [0.5, 0.6) is 0 Å². The van der Waals surface area contributed by atoms with Crippen molar-refractivity contribution in [3.8, 4) is 0 Å². The Labute approximate surface area is 117 Å². The number of anilines is 1. The number of hydrogen-bond acceptors (Lipinski definition) is 3. The largest absolute Gasteiger partial charge is 0.399 e. The fraction of sp³-hybridized carbons (Fsp3) is 0.625. The van der Waals surface area contributed by atoms with Gasteiger partial charge in [0.05, 0.1) is 0 Å². The number of likely N-dealkylation sites (tertiary alicyclic amines) is 1. The van der Waals surface area contributed by atoms with Crippen LogP contribution in [-0.2, 0) is 6.42 Å². The fourth-order valence-corrected chi connectivity index (χ4v) is 2.96. The Morgan fingerprint density at radius 2 is 2.16 bits per heavy atom. The summed E-state index contributed by atoms with van der Waals surface area (Å²) in [7, 11) is 4.49. The van der Waals surface area contributed by atoms with Gasteiger partial charge < -0.3 is 15.5 Å². The molecule has 1 atom stereocenters. The van der Waals surface area contributed by atoms with Crippen molar-refractivity contribution in [1.82, 2.24) is 9.80 Å². The van der Waals surface area contributed by atoms with Crippen molar-refractivity contribution >= 4 is 5.69 Å². The highest BCUT2D eigenvalue weighted by Crippen LogP contribution is 2.16. The van der Waals surface area contributed by atoms with Crippen LogP contribution in [-0.4, -0.2) is 49.6 Å². The summed E-state index contributed by atoms with van der Waals surface area (Å²) in [5.41, 5.74) is 8.20. The van der Waals surface area contributed by atoms with Crippen LogP contribution in [0.15, 0.2) is 24.3 Å². The van der Waals surface area contributed by atoms with Gasteiger partial charge in [0.15, 0.2) is 0 Å². The summed E-state index contributed by atoms with van der Waals surface area (Å²) in [6, 6.07) is 8.94. The minimum atomic E-state index is 0.729. The number of benzene rings is 1. The van der Waals surface area contributed by atoms with Crippen molar-refractivity contribution in [3.63, 3.8) is 0 Å². The highest BCUT2D eigenvalue weighted by atomic mass is 15.2. The third-order valence-electron chi connectivity index (χ3n) is 4.23. The molecule has 1 aromatic carbocycles. The Hall–Kier alpha value is -1.06. The molecule has 1 fully saturated rings. The Kier molecular flexibility index (Phi) is 5.23. The topological polar surface area (TPSA) is 32.5 Å². The molecule has 1 aromatic rings. The zero-order valence-corrected chi connectivity index (χ0v) is 12.3. The summed E-state index contributed by atoms with van der Waals surface area (Å²) in [6.45, 7) is 3.63. The summed E-state index contributed by atoms with van der Waals surface area (Å²) >= 11 is 0. The van der Waals surface area contributed by atoms with E-state index in [2.05, 4.69) is 36.0 Å². The van der Waals surface area contributed by atoms with Crippen molar-refractivity contribution < 1.29 is 0 Å². The highest BCUT2D eigenvalue weighted by molar-refractivity contribution is 5.46. The zero-order valence-electron chi connectivity index (χ0n) is 12.3. The van der Waals surface area contributed by atoms with Gasteiger partial charge in [0.1, 0.15) is 0 Å². The first-order valence-electron chi connectivity index (χ1n) is 7.39. The molecule has 0 aromatic heterocycles. The lowest BCUT2D eigenvalue weighted by molar-refractivity contribution is 0.133. The maximum atomic E-state index is 5.98. The Morgan fingerprint density at radius 3 is 2.89 bits per heavy atom. The lowest BCUT2D eigenvalue weighted by atomic mass is 10.0. The normalized spacial score (nSPS) is 20.9. The molecule has 1 unspecified atom stereocenters. The van der Waals surface area contributed by atoms with Crippen LogP contribution < -0.4 is 5.73 Å². The van der Waals surface area contributed by atoms with Gasteiger partial charge >= 0.3 is 0 Å². The lowest BCUT2D eigenvalue weighted by Gasteiger charge is -2.35. The number of para-hydroxylation sites is 1. The molecule has 3 heteroatoms. The molecule has 2 N–H and O–H groups in total. The maximum Gasteiger partial charge on any atom is 0.0346 e. The third-order valence-corrected chi connectivity index (χ3v) is 4.23. The maximum absolute atomic E-state index is 5.98. The lowest BCUT2D eigenvalue weighted by Crippen LogP contribution is -2.45. The number of nitrogens with two attached hydrogens (primary N) is 1. The molecule has 0 aliphatic carbocycles. The number of rotatable bonds is 5. The van der Waals surface area contributed by atoms with Crippen LogP contribution in [0.4, 0.5) is 5.69 Å². The van der Waals surface area contributed by atoms with Crippen LogP contribution in [0.25, 0.3) is 0 Å². The monoisotopic (exact) mass is 261 g/mol. The van der Waals surface area contributed by atoms with Gasteiger partial charge in [-0.05, 0) is 64.5 Å². The summed E-state index contributed by atoms with van der Waals surface area (Å²) in [6.07, 6.45) is 4.94. The second kappa shape index (κ2) is 6.92. The van der Waals surface area contributed by atoms with Crippen molar-refractivity contribution in [2.75, 3.05) is 39.5 Å². The van der Waals surface area contributed by atoms with E-state index in [1.54, 1.807) is 0 Å². The number of nitrogens with zero attached hydrogens (tertiary/aromatic N) is 2. The van der Waals surface area contributed by atoms with E-state index in [1.165, 1.54) is 37.9 Å². The first-order valence-corrected chi connectivity index (χ1v) is 7.39. The number of aryl methyl sites for hydroxylation is 1. The Bertz CT molecular complexity index is 391. The van der Waals surface area contributed by atoms with E-state index < -0.39 is 0 Å². The zero-order chi connectivity index (χ0) is 13.7. The Balaban J connectivity index is 1.74. The van der Waals surface area contributed by atoms with E-state index in [0.29, 0.717) is 0 Å². The third kappa shape index (κ3) is 4.22. The molecule has 0 bridgehead atoms. The van der Waals surface area contributed by atoms with Crippen molar-refractivity contribution in [1.29, 1.82) is 0 Å².